The number of rotatable bonds is 3. The second-order valence-corrected chi connectivity index (χ2v) is 4.74. The molecule has 2 N–H and O–H groups in total. The summed E-state index contributed by atoms with van der Waals surface area (Å²) in [6.45, 7) is 0. The van der Waals surface area contributed by atoms with Gasteiger partial charge in [0, 0.05) is 17.7 Å². The molecule has 6 heteroatoms. The molecule has 1 aliphatic carbocycles. The first-order valence-electron chi connectivity index (χ1n) is 6.31. The Morgan fingerprint density at radius 3 is 2.79 bits per heavy atom. The number of non-ortho nitro benzene ring substituents is 1. The van der Waals surface area contributed by atoms with Crippen molar-refractivity contribution in [3.05, 3.63) is 39.9 Å². The van der Waals surface area contributed by atoms with Crippen molar-refractivity contribution in [3.8, 4) is 0 Å². The van der Waals surface area contributed by atoms with E-state index in [1.807, 2.05) is 0 Å². The Labute approximate surface area is 110 Å². The number of amides is 1. The van der Waals surface area contributed by atoms with Crippen molar-refractivity contribution in [2.24, 2.45) is 0 Å². The van der Waals surface area contributed by atoms with Crippen LogP contribution < -0.4 is 5.32 Å². The van der Waals surface area contributed by atoms with Gasteiger partial charge < -0.3 is 10.4 Å². The van der Waals surface area contributed by atoms with Crippen LogP contribution in [-0.2, 0) is 0 Å². The minimum Gasteiger partial charge on any atom is -0.391 e. The van der Waals surface area contributed by atoms with E-state index < -0.39 is 11.0 Å². The smallest absolute Gasteiger partial charge is 0.270 e. The molecule has 0 unspecified atom stereocenters. The number of nitro groups is 1. The summed E-state index contributed by atoms with van der Waals surface area (Å²) in [6, 6.07) is 5.32. The summed E-state index contributed by atoms with van der Waals surface area (Å²) in [5.74, 6) is -0.380. The van der Waals surface area contributed by atoms with Gasteiger partial charge in [0.15, 0.2) is 0 Å². The Hall–Kier alpha value is -1.95. The van der Waals surface area contributed by atoms with Gasteiger partial charge in [-0.1, -0.05) is 18.9 Å². The van der Waals surface area contributed by atoms with Crippen molar-refractivity contribution in [2.75, 3.05) is 0 Å². The number of carbonyl (C=O) groups is 1. The van der Waals surface area contributed by atoms with Crippen molar-refractivity contribution in [1.82, 2.24) is 5.32 Å². The lowest BCUT2D eigenvalue weighted by molar-refractivity contribution is -0.384. The summed E-state index contributed by atoms with van der Waals surface area (Å²) in [6.07, 6.45) is 2.82. The molecular formula is C13H16N2O4. The second-order valence-electron chi connectivity index (χ2n) is 4.74. The predicted molar refractivity (Wildman–Crippen MR) is 68.8 cm³/mol. The van der Waals surface area contributed by atoms with E-state index in [1.54, 1.807) is 0 Å². The van der Waals surface area contributed by atoms with Crippen molar-refractivity contribution >= 4 is 11.6 Å². The molecule has 1 aliphatic rings. The Balaban J connectivity index is 2.07. The third-order valence-corrected chi connectivity index (χ3v) is 3.37. The van der Waals surface area contributed by atoms with Gasteiger partial charge in [0.25, 0.3) is 11.6 Å². The Kier molecular flexibility index (Phi) is 4.11. The summed E-state index contributed by atoms with van der Waals surface area (Å²) in [5, 5.41) is 23.2. The zero-order valence-electron chi connectivity index (χ0n) is 10.4. The van der Waals surface area contributed by atoms with Crippen LogP contribution in [0.1, 0.15) is 36.0 Å². The summed E-state index contributed by atoms with van der Waals surface area (Å²) in [7, 11) is 0. The van der Waals surface area contributed by atoms with E-state index in [-0.39, 0.29) is 23.2 Å². The first-order valence-corrected chi connectivity index (χ1v) is 6.31. The average Bonchev–Trinajstić information content (AvgIpc) is 2.41. The summed E-state index contributed by atoms with van der Waals surface area (Å²) < 4.78 is 0. The average molecular weight is 264 g/mol. The molecule has 2 rings (SSSR count). The first kappa shape index (κ1) is 13.5. The van der Waals surface area contributed by atoms with Crippen LogP contribution in [0.5, 0.6) is 0 Å². The normalized spacial score (nSPS) is 22.8. The van der Waals surface area contributed by atoms with E-state index in [0.717, 1.165) is 19.3 Å². The van der Waals surface area contributed by atoms with Gasteiger partial charge in [0.2, 0.25) is 0 Å². The van der Waals surface area contributed by atoms with Crippen LogP contribution in [-0.4, -0.2) is 28.1 Å². The van der Waals surface area contributed by atoms with Gasteiger partial charge in [-0.2, -0.15) is 0 Å². The van der Waals surface area contributed by atoms with Crippen LogP contribution in [0.15, 0.2) is 24.3 Å². The highest BCUT2D eigenvalue weighted by atomic mass is 16.6. The minimum atomic E-state index is -0.535. The third-order valence-electron chi connectivity index (χ3n) is 3.37. The number of hydrogen-bond donors (Lipinski definition) is 2. The monoisotopic (exact) mass is 264 g/mol. The zero-order valence-corrected chi connectivity index (χ0v) is 10.4. The number of nitrogens with one attached hydrogen (secondary N) is 1. The van der Waals surface area contributed by atoms with Crippen LogP contribution in [0.25, 0.3) is 0 Å². The molecule has 6 nitrogen and oxygen atoms in total. The molecule has 1 aromatic carbocycles. The summed E-state index contributed by atoms with van der Waals surface area (Å²) >= 11 is 0. The molecule has 1 amide bonds. The molecule has 0 radical (unpaired) electrons. The number of aliphatic hydroxyl groups is 1. The van der Waals surface area contributed by atoms with Gasteiger partial charge in [-0.05, 0) is 18.9 Å². The van der Waals surface area contributed by atoms with E-state index in [1.165, 1.54) is 24.3 Å². The quantitative estimate of drug-likeness (QED) is 0.641. The van der Waals surface area contributed by atoms with Crippen molar-refractivity contribution < 1.29 is 14.8 Å². The van der Waals surface area contributed by atoms with Gasteiger partial charge >= 0.3 is 0 Å². The van der Waals surface area contributed by atoms with Crippen LogP contribution in [0.2, 0.25) is 0 Å². The molecule has 1 aromatic rings. The molecule has 102 valence electrons. The number of carbonyl (C=O) groups excluding carboxylic acids is 1. The largest absolute Gasteiger partial charge is 0.391 e. The van der Waals surface area contributed by atoms with Gasteiger partial charge in [0.05, 0.1) is 17.1 Å². The van der Waals surface area contributed by atoms with Gasteiger partial charge in [-0.15, -0.1) is 0 Å². The molecule has 1 fully saturated rings. The summed E-state index contributed by atoms with van der Waals surface area (Å²) in [5.41, 5.74) is 0.129. The van der Waals surface area contributed by atoms with Gasteiger partial charge in [0.1, 0.15) is 0 Å². The van der Waals surface area contributed by atoms with Crippen molar-refractivity contribution in [3.63, 3.8) is 0 Å². The molecular weight excluding hydrogens is 248 g/mol. The lowest BCUT2D eigenvalue weighted by Gasteiger charge is -2.28. The Morgan fingerprint density at radius 1 is 1.37 bits per heavy atom. The lowest BCUT2D eigenvalue weighted by Crippen LogP contribution is -2.45. The molecule has 0 aliphatic heterocycles. The Morgan fingerprint density at radius 2 is 2.11 bits per heavy atom. The molecule has 1 saturated carbocycles. The highest BCUT2D eigenvalue weighted by Gasteiger charge is 2.25. The molecule has 0 bridgehead atoms. The van der Waals surface area contributed by atoms with Crippen LogP contribution in [0, 0.1) is 10.1 Å². The molecule has 0 spiro atoms. The van der Waals surface area contributed by atoms with Gasteiger partial charge in [-0.25, -0.2) is 0 Å². The Bertz CT molecular complexity index is 489. The molecule has 0 saturated heterocycles. The zero-order chi connectivity index (χ0) is 13.8. The van der Waals surface area contributed by atoms with E-state index >= 15 is 0 Å². The van der Waals surface area contributed by atoms with E-state index in [2.05, 4.69) is 5.32 Å². The molecule has 0 aromatic heterocycles. The van der Waals surface area contributed by atoms with Gasteiger partial charge in [-0.3, -0.25) is 14.9 Å². The van der Waals surface area contributed by atoms with Crippen LogP contribution in [0.4, 0.5) is 5.69 Å². The SMILES string of the molecule is O=C(N[C@H]1CCCC[C@@H]1O)c1cccc([N+](=O)[O-])c1. The predicted octanol–water partition coefficient (Wildman–Crippen LogP) is 1.63. The second kappa shape index (κ2) is 5.79. The number of benzene rings is 1. The maximum absolute atomic E-state index is 12.0. The fraction of sp³-hybridized carbons (Fsp3) is 0.462. The van der Waals surface area contributed by atoms with Crippen molar-refractivity contribution in [2.45, 2.75) is 37.8 Å². The topological polar surface area (TPSA) is 92.5 Å². The maximum atomic E-state index is 12.0. The first-order chi connectivity index (χ1) is 9.08. The van der Waals surface area contributed by atoms with E-state index in [4.69, 9.17) is 0 Å². The molecule has 0 heterocycles. The fourth-order valence-electron chi connectivity index (χ4n) is 2.29. The summed E-state index contributed by atoms with van der Waals surface area (Å²) in [4.78, 5) is 22.1. The van der Waals surface area contributed by atoms with Crippen LogP contribution >= 0.6 is 0 Å². The number of nitro benzene ring substituents is 1. The number of aliphatic hydroxyl groups excluding tert-OH is 1. The van der Waals surface area contributed by atoms with Crippen LogP contribution in [0.3, 0.4) is 0 Å². The van der Waals surface area contributed by atoms with E-state index in [0.29, 0.717) is 6.42 Å². The highest BCUT2D eigenvalue weighted by Crippen LogP contribution is 2.19. The van der Waals surface area contributed by atoms with Crippen molar-refractivity contribution in [1.29, 1.82) is 0 Å². The minimum absolute atomic E-state index is 0.114. The standard InChI is InChI=1S/C13H16N2O4/c16-12-7-2-1-6-11(12)14-13(17)9-4-3-5-10(8-9)15(18)19/h3-5,8,11-12,16H,1-2,6-7H2,(H,14,17)/t11-,12-/m0/s1. The van der Waals surface area contributed by atoms with E-state index in [9.17, 15) is 20.0 Å². The molecule has 2 atom stereocenters. The number of nitrogens with zero attached hydrogens (tertiary/aromatic N) is 1. The number of hydrogen-bond acceptors (Lipinski definition) is 4. The molecule has 19 heavy (non-hydrogen) atoms. The lowest BCUT2D eigenvalue weighted by atomic mass is 9.92. The highest BCUT2D eigenvalue weighted by molar-refractivity contribution is 5.95. The maximum Gasteiger partial charge on any atom is 0.270 e. The fourth-order valence-corrected chi connectivity index (χ4v) is 2.29. The third kappa shape index (κ3) is 3.29.